The number of alkyl halides is 2. The smallest absolute Gasteiger partial charge is 0.0537 e. The summed E-state index contributed by atoms with van der Waals surface area (Å²) < 4.78 is 1.87. The van der Waals surface area contributed by atoms with Gasteiger partial charge in [0.1, 0.15) is 0 Å². The van der Waals surface area contributed by atoms with Gasteiger partial charge in [0.2, 0.25) is 0 Å². The molecule has 0 aliphatic heterocycles. The van der Waals surface area contributed by atoms with E-state index >= 15 is 0 Å². The Bertz CT molecular complexity index is 450. The fraction of sp³-hybridized carbons (Fsp3) is 0.143. The van der Waals surface area contributed by atoms with Crippen molar-refractivity contribution in [1.82, 2.24) is 0 Å². The Morgan fingerprint density at radius 2 is 0.895 bits per heavy atom. The van der Waals surface area contributed by atoms with Gasteiger partial charge in [0.15, 0.2) is 0 Å². The van der Waals surface area contributed by atoms with Gasteiger partial charge in [-0.1, -0.05) is 43.6 Å². The maximum atomic E-state index is 3.43. The van der Waals surface area contributed by atoms with Gasteiger partial charge in [0.05, 0.1) is 9.32 Å². The lowest BCUT2D eigenvalue weighted by atomic mass is 10.4. The molecule has 0 N–H and O–H groups in total. The maximum Gasteiger partial charge on any atom is 0.0537 e. The molecule has 0 heterocycles. The molecule has 0 amide bonds. The summed E-state index contributed by atoms with van der Waals surface area (Å²) in [5.41, 5.74) is 0. The van der Waals surface area contributed by atoms with Crippen LogP contribution in [0.2, 0.25) is 0 Å². The molecule has 2 aromatic carbocycles. The molecule has 0 nitrogen and oxygen atoms in total. The van der Waals surface area contributed by atoms with Crippen molar-refractivity contribution in [2.45, 2.75) is 19.6 Å². The minimum absolute atomic E-state index is 0.937. The minimum Gasteiger partial charge on any atom is -0.115 e. The molecule has 2 aromatic rings. The normalized spacial score (nSPS) is 10.6. The van der Waals surface area contributed by atoms with E-state index in [9.17, 15) is 0 Å². The predicted octanol–water partition coefficient (Wildman–Crippen LogP) is 6.73. The Kier molecular flexibility index (Phi) is 7.23. The summed E-state index contributed by atoms with van der Waals surface area (Å²) in [5.74, 6) is 0. The van der Waals surface area contributed by atoms with Crippen LogP contribution in [0.1, 0.15) is 0 Å². The Hall–Kier alpha value is 0.450. The van der Waals surface area contributed by atoms with E-state index in [4.69, 9.17) is 0 Å². The van der Waals surface area contributed by atoms with Crippen LogP contribution < -0.4 is 0 Å². The molecule has 0 saturated carbocycles. The van der Waals surface area contributed by atoms with Crippen molar-refractivity contribution < 1.29 is 0 Å². The van der Waals surface area contributed by atoms with Gasteiger partial charge in [-0.15, -0.1) is 23.5 Å². The van der Waals surface area contributed by atoms with Gasteiger partial charge < -0.3 is 0 Å². The third-order valence-corrected chi connectivity index (χ3v) is 6.14. The number of rotatable bonds is 6. The van der Waals surface area contributed by atoms with E-state index in [1.54, 1.807) is 35.3 Å². The summed E-state index contributed by atoms with van der Waals surface area (Å²) in [6.07, 6.45) is 0. The van der Waals surface area contributed by atoms with Crippen molar-refractivity contribution in [2.75, 3.05) is 9.32 Å². The summed E-state index contributed by atoms with van der Waals surface area (Å²) in [6, 6.07) is 17.4. The highest BCUT2D eigenvalue weighted by Gasteiger charge is 1.99. The van der Waals surface area contributed by atoms with Gasteiger partial charge in [-0.2, -0.15) is 0 Å². The first-order chi connectivity index (χ1) is 9.31. The van der Waals surface area contributed by atoms with Crippen LogP contribution in [0.15, 0.2) is 68.1 Å². The molecule has 0 aliphatic rings. The zero-order chi connectivity index (χ0) is 13.5. The van der Waals surface area contributed by atoms with Crippen LogP contribution in [0.25, 0.3) is 0 Å². The van der Waals surface area contributed by atoms with Crippen LogP contribution in [-0.2, 0) is 0 Å². The van der Waals surface area contributed by atoms with Crippen LogP contribution in [0.3, 0.4) is 0 Å². The molecule has 0 fully saturated rings. The average molecular weight is 436 g/mol. The number of halogens is 2. The van der Waals surface area contributed by atoms with Crippen molar-refractivity contribution >= 4 is 67.1 Å². The molecule has 0 radical (unpaired) electrons. The molecule has 5 heteroatoms. The van der Waals surface area contributed by atoms with Crippen LogP contribution in [0.5, 0.6) is 0 Å². The van der Waals surface area contributed by atoms with Gasteiger partial charge in [0, 0.05) is 19.6 Å². The Morgan fingerprint density at radius 1 is 0.579 bits per heavy atom. The van der Waals surface area contributed by atoms with Crippen molar-refractivity contribution in [2.24, 2.45) is 0 Å². The summed E-state index contributed by atoms with van der Waals surface area (Å²) in [5, 5.41) is 0. The lowest BCUT2D eigenvalue weighted by molar-refractivity contribution is 1.32. The summed E-state index contributed by atoms with van der Waals surface area (Å²) in [7, 11) is 0. The molecule has 0 bridgehead atoms. The third kappa shape index (κ3) is 5.38. The highest BCUT2D eigenvalue weighted by Crippen LogP contribution is 2.31. The average Bonchev–Trinajstić information content (AvgIpc) is 2.44. The van der Waals surface area contributed by atoms with E-state index in [0.29, 0.717) is 0 Å². The number of hydrogen-bond donors (Lipinski definition) is 0. The minimum atomic E-state index is 0.937. The lowest BCUT2D eigenvalue weighted by Crippen LogP contribution is -1.76. The Morgan fingerprint density at radius 3 is 1.21 bits per heavy atom. The van der Waals surface area contributed by atoms with Crippen molar-refractivity contribution in [3.63, 3.8) is 0 Å². The number of benzene rings is 2. The first kappa shape index (κ1) is 15.8. The van der Waals surface area contributed by atoms with Crippen molar-refractivity contribution in [3.8, 4) is 0 Å². The molecule has 100 valence electrons. The van der Waals surface area contributed by atoms with Gasteiger partial charge in [-0.05, 0) is 48.5 Å². The second-order valence-electron chi connectivity index (χ2n) is 3.55. The largest absolute Gasteiger partial charge is 0.115 e. The Balaban J connectivity index is 1.99. The van der Waals surface area contributed by atoms with Crippen LogP contribution >= 0.6 is 67.1 Å². The molecule has 2 rings (SSSR count). The zero-order valence-electron chi connectivity index (χ0n) is 10.0. The van der Waals surface area contributed by atoms with E-state index in [1.165, 1.54) is 19.6 Å². The van der Waals surface area contributed by atoms with Gasteiger partial charge in [-0.3, -0.25) is 0 Å². The molecule has 19 heavy (non-hydrogen) atoms. The van der Waals surface area contributed by atoms with Gasteiger partial charge in [-0.25, -0.2) is 0 Å². The molecule has 0 aromatic heterocycles. The second kappa shape index (κ2) is 8.67. The monoisotopic (exact) mass is 434 g/mol. The first-order valence-electron chi connectivity index (χ1n) is 5.57. The fourth-order valence-corrected chi connectivity index (χ4v) is 4.78. The SMILES string of the molecule is BrCSc1ccc(Sc2ccc(SCBr)cc2)cc1. The fourth-order valence-electron chi connectivity index (χ4n) is 1.47. The lowest BCUT2D eigenvalue weighted by Gasteiger charge is -2.04. The summed E-state index contributed by atoms with van der Waals surface area (Å²) in [4.78, 5) is 5.15. The van der Waals surface area contributed by atoms with E-state index in [-0.39, 0.29) is 0 Å². The molecular weight excluding hydrogens is 424 g/mol. The molecule has 0 unspecified atom stereocenters. The van der Waals surface area contributed by atoms with E-state index in [1.807, 2.05) is 0 Å². The topological polar surface area (TPSA) is 0 Å². The standard InChI is InChI=1S/C14H12Br2S3/c15-9-17-11-1-5-13(6-2-11)19-14-7-3-12(4-8-14)18-10-16/h1-8H,9-10H2. The van der Waals surface area contributed by atoms with E-state index < -0.39 is 0 Å². The number of thioether (sulfide) groups is 2. The Labute approximate surface area is 143 Å². The summed E-state index contributed by atoms with van der Waals surface area (Å²) in [6.45, 7) is 0. The third-order valence-electron chi connectivity index (χ3n) is 2.33. The van der Waals surface area contributed by atoms with Crippen LogP contribution in [-0.4, -0.2) is 9.32 Å². The first-order valence-corrected chi connectivity index (χ1v) is 10.6. The molecule has 0 spiro atoms. The van der Waals surface area contributed by atoms with E-state index in [0.717, 1.165) is 9.32 Å². The van der Waals surface area contributed by atoms with Gasteiger partial charge in [0.25, 0.3) is 0 Å². The van der Waals surface area contributed by atoms with E-state index in [2.05, 4.69) is 80.4 Å². The van der Waals surface area contributed by atoms with Crippen molar-refractivity contribution in [3.05, 3.63) is 48.5 Å². The zero-order valence-corrected chi connectivity index (χ0v) is 15.6. The highest BCUT2D eigenvalue weighted by molar-refractivity contribution is 9.11. The van der Waals surface area contributed by atoms with Crippen molar-refractivity contribution in [1.29, 1.82) is 0 Å². The molecule has 0 atom stereocenters. The quantitative estimate of drug-likeness (QED) is 0.364. The van der Waals surface area contributed by atoms with Crippen LogP contribution in [0.4, 0.5) is 0 Å². The van der Waals surface area contributed by atoms with Crippen LogP contribution in [0, 0.1) is 0 Å². The molecule has 0 saturated heterocycles. The summed E-state index contributed by atoms with van der Waals surface area (Å²) >= 11 is 12.3. The molecule has 0 aliphatic carbocycles. The van der Waals surface area contributed by atoms with Gasteiger partial charge >= 0.3 is 0 Å². The highest BCUT2D eigenvalue weighted by atomic mass is 79.9. The number of hydrogen-bond acceptors (Lipinski definition) is 3. The second-order valence-corrected chi connectivity index (χ2v) is 9.40. The molecular formula is C14H12Br2S3. The maximum absolute atomic E-state index is 3.43. The predicted molar refractivity (Wildman–Crippen MR) is 96.3 cm³/mol.